The Morgan fingerprint density at radius 2 is 1.62 bits per heavy atom. The first-order valence-corrected chi connectivity index (χ1v) is 7.86. The van der Waals surface area contributed by atoms with Crippen molar-refractivity contribution in [3.8, 4) is 0 Å². The van der Waals surface area contributed by atoms with Crippen LogP contribution in [0.15, 0.2) is 22.1 Å². The summed E-state index contributed by atoms with van der Waals surface area (Å²) in [5, 5.41) is 9.82. The number of amides is 2. The van der Waals surface area contributed by atoms with Crippen molar-refractivity contribution < 1.29 is 19.1 Å². The fraction of sp³-hybridized carbons (Fsp3) is 0.500. The van der Waals surface area contributed by atoms with Crippen LogP contribution in [0.1, 0.15) is 5.76 Å². The number of anilines is 1. The average molecular weight is 334 g/mol. The maximum absolute atomic E-state index is 12.2. The van der Waals surface area contributed by atoms with Gasteiger partial charge in [0.25, 0.3) is 11.8 Å². The van der Waals surface area contributed by atoms with Crippen LogP contribution in [0.3, 0.4) is 0 Å². The molecule has 8 nitrogen and oxygen atoms in total. The van der Waals surface area contributed by atoms with Gasteiger partial charge in [-0.15, -0.1) is 0 Å². The van der Waals surface area contributed by atoms with Crippen molar-refractivity contribution in [3.63, 3.8) is 0 Å². The predicted octanol–water partition coefficient (Wildman–Crippen LogP) is -0.379. The number of carbonyl (C=O) groups is 2. The summed E-state index contributed by atoms with van der Waals surface area (Å²) in [7, 11) is 4.97. The first kappa shape index (κ1) is 16.5. The van der Waals surface area contributed by atoms with Gasteiger partial charge in [-0.1, -0.05) is 0 Å². The molecule has 2 aliphatic heterocycles. The normalized spacial score (nSPS) is 23.2. The summed E-state index contributed by atoms with van der Waals surface area (Å²) in [6.07, 6.45) is 0.183. The number of carbonyl (C=O) groups excluding carboxylic acids is 2. The molecule has 0 atom stereocenters. The first-order chi connectivity index (χ1) is 11.4. The lowest BCUT2D eigenvalue weighted by molar-refractivity contribution is -0.167. The van der Waals surface area contributed by atoms with Crippen LogP contribution in [0, 0.1) is 0 Å². The number of nitrogens with zero attached hydrogens (tertiary/aromatic N) is 4. The third kappa shape index (κ3) is 2.90. The maximum atomic E-state index is 12.2. The molecule has 0 spiro atoms. The van der Waals surface area contributed by atoms with Crippen LogP contribution in [0.5, 0.6) is 0 Å². The summed E-state index contributed by atoms with van der Waals surface area (Å²) in [6, 6.07) is 3.59. The number of hydrogen-bond acceptors (Lipinski definition) is 6. The van der Waals surface area contributed by atoms with Gasteiger partial charge in [-0.25, -0.2) is 0 Å². The van der Waals surface area contributed by atoms with Gasteiger partial charge in [0.05, 0.1) is 0 Å². The molecular formula is C16H22N4O4. The van der Waals surface area contributed by atoms with Gasteiger partial charge in [0.15, 0.2) is 5.88 Å². The quantitative estimate of drug-likeness (QED) is 0.587. The topological polar surface area (TPSA) is 80.5 Å². The highest BCUT2D eigenvalue weighted by atomic mass is 16.4. The molecule has 2 saturated heterocycles. The lowest BCUT2D eigenvalue weighted by Crippen LogP contribution is -2.56. The third-order valence-corrected chi connectivity index (χ3v) is 4.51. The molecule has 2 fully saturated rings. The maximum Gasteiger partial charge on any atom is 0.262 e. The van der Waals surface area contributed by atoms with E-state index in [1.54, 1.807) is 6.07 Å². The molecule has 24 heavy (non-hydrogen) atoms. The Morgan fingerprint density at radius 3 is 2.21 bits per heavy atom. The second kappa shape index (κ2) is 6.29. The van der Waals surface area contributed by atoms with Gasteiger partial charge in [0, 0.05) is 46.3 Å². The van der Waals surface area contributed by atoms with Gasteiger partial charge in [0.2, 0.25) is 6.35 Å². The standard InChI is InChI=1S/C16H22N4O4/c1-17-6-8-20(9-7-17)13-5-4-11(24-13)10-12-14(21)18(2)16(23)19(3)15(12)22/h4-5,10,16,23H,6-9H2,1-3H3. The Bertz CT molecular complexity index is 651. The highest BCUT2D eigenvalue weighted by molar-refractivity contribution is 6.22. The molecule has 0 unspecified atom stereocenters. The highest BCUT2D eigenvalue weighted by Crippen LogP contribution is 2.24. The number of furan rings is 1. The van der Waals surface area contributed by atoms with E-state index in [2.05, 4.69) is 16.8 Å². The summed E-state index contributed by atoms with van der Waals surface area (Å²) in [5.74, 6) is 0.123. The minimum absolute atomic E-state index is 0.0235. The summed E-state index contributed by atoms with van der Waals surface area (Å²) in [4.78, 5) is 31.1. The molecule has 0 bridgehead atoms. The van der Waals surface area contributed by atoms with E-state index in [9.17, 15) is 14.7 Å². The van der Waals surface area contributed by atoms with Gasteiger partial charge in [-0.05, 0) is 19.2 Å². The minimum atomic E-state index is -1.25. The van der Waals surface area contributed by atoms with Gasteiger partial charge in [-0.2, -0.15) is 0 Å². The fourth-order valence-electron chi connectivity index (χ4n) is 2.82. The van der Waals surface area contributed by atoms with Crippen LogP contribution < -0.4 is 4.90 Å². The smallest absolute Gasteiger partial charge is 0.262 e. The van der Waals surface area contributed by atoms with Crippen molar-refractivity contribution in [3.05, 3.63) is 23.5 Å². The SMILES string of the molecule is CN1CCN(c2ccc(C=C3C(=O)N(C)C(O)N(C)C3=O)o2)CC1. The van der Waals surface area contributed by atoms with Gasteiger partial charge < -0.3 is 19.3 Å². The van der Waals surface area contributed by atoms with Crippen molar-refractivity contribution in [2.75, 3.05) is 52.2 Å². The lowest BCUT2D eigenvalue weighted by atomic mass is 10.1. The Kier molecular flexibility index (Phi) is 4.33. The van der Waals surface area contributed by atoms with E-state index in [0.29, 0.717) is 5.76 Å². The van der Waals surface area contributed by atoms with E-state index >= 15 is 0 Å². The molecule has 0 radical (unpaired) electrons. The van der Waals surface area contributed by atoms with Crippen LogP contribution in [0.25, 0.3) is 6.08 Å². The number of aliphatic hydroxyl groups excluding tert-OH is 1. The molecule has 1 N–H and O–H groups in total. The van der Waals surface area contributed by atoms with E-state index in [0.717, 1.165) is 41.9 Å². The number of aliphatic hydroxyl groups is 1. The molecule has 1 aromatic rings. The molecule has 130 valence electrons. The van der Waals surface area contributed by atoms with Gasteiger partial charge in [0.1, 0.15) is 11.3 Å². The van der Waals surface area contributed by atoms with E-state index in [4.69, 9.17) is 4.42 Å². The van der Waals surface area contributed by atoms with E-state index in [1.807, 2.05) is 6.07 Å². The van der Waals surface area contributed by atoms with E-state index in [1.165, 1.54) is 20.2 Å². The van der Waals surface area contributed by atoms with E-state index in [-0.39, 0.29) is 5.57 Å². The number of rotatable bonds is 2. The molecule has 2 aliphatic rings. The molecule has 8 heteroatoms. The van der Waals surface area contributed by atoms with Gasteiger partial charge in [-0.3, -0.25) is 19.4 Å². The zero-order valence-corrected chi connectivity index (χ0v) is 14.1. The summed E-state index contributed by atoms with van der Waals surface area (Å²) in [6.45, 7) is 3.66. The van der Waals surface area contributed by atoms with Crippen molar-refractivity contribution in [1.82, 2.24) is 14.7 Å². The Hall–Kier alpha value is -2.32. The fourth-order valence-corrected chi connectivity index (χ4v) is 2.82. The molecular weight excluding hydrogens is 312 g/mol. The Balaban J connectivity index is 1.81. The molecule has 2 amide bonds. The van der Waals surface area contributed by atoms with Gasteiger partial charge >= 0.3 is 0 Å². The highest BCUT2D eigenvalue weighted by Gasteiger charge is 2.37. The number of likely N-dealkylation sites (N-methyl/N-ethyl adjacent to an activating group) is 3. The molecule has 0 aromatic carbocycles. The van der Waals surface area contributed by atoms with Crippen LogP contribution in [-0.4, -0.2) is 85.3 Å². The summed E-state index contributed by atoms with van der Waals surface area (Å²) >= 11 is 0. The Labute approximate surface area is 140 Å². The molecule has 0 aliphatic carbocycles. The van der Waals surface area contributed by atoms with Crippen molar-refractivity contribution in [1.29, 1.82) is 0 Å². The zero-order chi connectivity index (χ0) is 17.4. The van der Waals surface area contributed by atoms with Crippen LogP contribution in [-0.2, 0) is 9.59 Å². The van der Waals surface area contributed by atoms with Crippen LogP contribution >= 0.6 is 0 Å². The van der Waals surface area contributed by atoms with Crippen molar-refractivity contribution in [2.24, 2.45) is 0 Å². The second-order valence-corrected chi connectivity index (χ2v) is 6.20. The minimum Gasteiger partial charge on any atom is -0.441 e. The average Bonchev–Trinajstić information content (AvgIpc) is 3.04. The summed E-state index contributed by atoms with van der Waals surface area (Å²) < 4.78 is 5.78. The van der Waals surface area contributed by atoms with Crippen molar-refractivity contribution >= 4 is 23.8 Å². The molecule has 1 aromatic heterocycles. The lowest BCUT2D eigenvalue weighted by Gasteiger charge is -2.36. The first-order valence-electron chi connectivity index (χ1n) is 7.86. The monoisotopic (exact) mass is 334 g/mol. The van der Waals surface area contributed by atoms with Crippen molar-refractivity contribution in [2.45, 2.75) is 6.35 Å². The zero-order valence-electron chi connectivity index (χ0n) is 14.1. The number of piperazine rings is 1. The molecule has 3 rings (SSSR count). The predicted molar refractivity (Wildman–Crippen MR) is 87.9 cm³/mol. The molecule has 3 heterocycles. The molecule has 0 saturated carbocycles. The largest absolute Gasteiger partial charge is 0.441 e. The number of hydrogen-bond donors (Lipinski definition) is 1. The van der Waals surface area contributed by atoms with Crippen LogP contribution in [0.4, 0.5) is 5.88 Å². The second-order valence-electron chi connectivity index (χ2n) is 6.20. The summed E-state index contributed by atoms with van der Waals surface area (Å²) in [5.41, 5.74) is -0.0235. The van der Waals surface area contributed by atoms with Crippen LogP contribution in [0.2, 0.25) is 0 Å². The Morgan fingerprint density at radius 1 is 1.04 bits per heavy atom. The third-order valence-electron chi connectivity index (χ3n) is 4.51. The van der Waals surface area contributed by atoms with E-state index < -0.39 is 18.2 Å².